The van der Waals surface area contributed by atoms with Gasteiger partial charge in [-0.2, -0.15) is 0 Å². The van der Waals surface area contributed by atoms with Gasteiger partial charge in [-0.1, -0.05) is 71.7 Å². The van der Waals surface area contributed by atoms with Crippen LogP contribution in [0.1, 0.15) is 23.5 Å². The molecule has 0 saturated carbocycles. The van der Waals surface area contributed by atoms with Gasteiger partial charge in [0.15, 0.2) is 0 Å². The van der Waals surface area contributed by atoms with Crippen LogP contribution in [0.25, 0.3) is 16.8 Å². The van der Waals surface area contributed by atoms with E-state index in [0.717, 1.165) is 18.5 Å². The number of rotatable bonds is 8. The molecule has 156 valence electrons. The Labute approximate surface area is 187 Å². The van der Waals surface area contributed by atoms with Crippen LogP contribution in [0.2, 0.25) is 10.0 Å². The monoisotopic (exact) mass is 441 g/mol. The largest absolute Gasteiger partial charge is 0.462 e. The Hall–Kier alpha value is -2.33. The molecule has 3 aromatic rings. The fourth-order valence-electron chi connectivity index (χ4n) is 3.37. The molecule has 0 spiro atoms. The van der Waals surface area contributed by atoms with Gasteiger partial charge in [-0.05, 0) is 67.2 Å². The minimum atomic E-state index is -0.392. The molecule has 0 radical (unpaired) electrons. The molecule has 1 unspecified atom stereocenters. The summed E-state index contributed by atoms with van der Waals surface area (Å²) < 4.78 is 5.61. The number of nitrogens with zero attached hydrogens (tertiary/aromatic N) is 1. The third kappa shape index (κ3) is 6.09. The molecule has 0 aliphatic carbocycles. The quantitative estimate of drug-likeness (QED) is 0.297. The van der Waals surface area contributed by atoms with Crippen LogP contribution in [0, 0.1) is 0 Å². The van der Waals surface area contributed by atoms with E-state index in [4.69, 9.17) is 27.9 Å². The Morgan fingerprint density at radius 2 is 1.83 bits per heavy atom. The lowest BCUT2D eigenvalue weighted by Gasteiger charge is -2.21. The van der Waals surface area contributed by atoms with Crippen LogP contribution in [0.4, 0.5) is 0 Å². The van der Waals surface area contributed by atoms with Crippen LogP contribution in [0.15, 0.2) is 66.7 Å². The lowest BCUT2D eigenvalue weighted by molar-refractivity contribution is -0.138. The van der Waals surface area contributed by atoms with Crippen molar-refractivity contribution in [1.82, 2.24) is 4.90 Å². The lowest BCUT2D eigenvalue weighted by atomic mass is 9.91. The molecule has 0 aliphatic heterocycles. The number of esters is 1. The standard InChI is InChI=1S/C25H25Cl2NO2/c1-28(2)15-14-20(23-9-5-7-18-6-3-4-8-22(18)23)17-30-25(29)13-11-19-10-12-21(26)16-24(19)27/h3-13,16,20H,14-15,17H2,1-2H3/b13-11+. The van der Waals surface area contributed by atoms with Crippen molar-refractivity contribution in [3.05, 3.63) is 87.9 Å². The molecule has 3 rings (SSSR count). The zero-order chi connectivity index (χ0) is 21.5. The summed E-state index contributed by atoms with van der Waals surface area (Å²) in [4.78, 5) is 14.5. The van der Waals surface area contributed by atoms with Crippen molar-refractivity contribution in [3.63, 3.8) is 0 Å². The van der Waals surface area contributed by atoms with Gasteiger partial charge in [0.25, 0.3) is 0 Å². The fourth-order valence-corrected chi connectivity index (χ4v) is 3.85. The minimum Gasteiger partial charge on any atom is -0.462 e. The van der Waals surface area contributed by atoms with Crippen LogP contribution in [-0.4, -0.2) is 38.1 Å². The topological polar surface area (TPSA) is 29.5 Å². The first-order chi connectivity index (χ1) is 14.4. The summed E-state index contributed by atoms with van der Waals surface area (Å²) in [6.07, 6.45) is 3.94. The van der Waals surface area contributed by atoms with Crippen molar-refractivity contribution in [2.45, 2.75) is 12.3 Å². The van der Waals surface area contributed by atoms with E-state index in [0.29, 0.717) is 16.7 Å². The molecular formula is C25H25Cl2NO2. The normalized spacial score (nSPS) is 12.6. The Morgan fingerprint density at radius 3 is 2.60 bits per heavy atom. The van der Waals surface area contributed by atoms with Gasteiger partial charge in [-0.15, -0.1) is 0 Å². The zero-order valence-electron chi connectivity index (χ0n) is 17.1. The molecule has 1 atom stereocenters. The molecular weight excluding hydrogens is 417 g/mol. The summed E-state index contributed by atoms with van der Waals surface area (Å²) in [5.74, 6) is -0.286. The average molecular weight is 442 g/mol. The number of hydrogen-bond donors (Lipinski definition) is 0. The van der Waals surface area contributed by atoms with Crippen molar-refractivity contribution in [1.29, 1.82) is 0 Å². The van der Waals surface area contributed by atoms with Gasteiger partial charge in [0.2, 0.25) is 0 Å². The highest BCUT2D eigenvalue weighted by Crippen LogP contribution is 2.29. The highest BCUT2D eigenvalue weighted by atomic mass is 35.5. The van der Waals surface area contributed by atoms with Gasteiger partial charge in [0, 0.05) is 22.0 Å². The van der Waals surface area contributed by atoms with E-state index in [9.17, 15) is 4.79 Å². The molecule has 0 bridgehead atoms. The van der Waals surface area contributed by atoms with Crippen LogP contribution in [0.5, 0.6) is 0 Å². The molecule has 0 saturated heterocycles. The highest BCUT2D eigenvalue weighted by molar-refractivity contribution is 6.35. The van der Waals surface area contributed by atoms with E-state index < -0.39 is 5.97 Å². The maximum atomic E-state index is 12.3. The lowest BCUT2D eigenvalue weighted by Crippen LogP contribution is -2.19. The summed E-state index contributed by atoms with van der Waals surface area (Å²) in [6.45, 7) is 1.22. The van der Waals surface area contributed by atoms with E-state index in [1.54, 1.807) is 24.3 Å². The molecule has 3 nitrogen and oxygen atoms in total. The van der Waals surface area contributed by atoms with Gasteiger partial charge < -0.3 is 9.64 Å². The third-order valence-corrected chi connectivity index (χ3v) is 5.54. The zero-order valence-corrected chi connectivity index (χ0v) is 18.7. The number of carbonyl (C=O) groups excluding carboxylic acids is 1. The summed E-state index contributed by atoms with van der Waals surface area (Å²) in [6, 6.07) is 19.7. The Bertz CT molecular complexity index is 1040. The third-order valence-electron chi connectivity index (χ3n) is 4.98. The number of carbonyl (C=O) groups is 1. The van der Waals surface area contributed by atoms with Crippen molar-refractivity contribution < 1.29 is 9.53 Å². The Kier molecular flexibility index (Phi) is 7.92. The molecule has 0 N–H and O–H groups in total. The van der Waals surface area contributed by atoms with Gasteiger partial charge >= 0.3 is 5.97 Å². The SMILES string of the molecule is CN(C)CCC(COC(=O)/C=C/c1ccc(Cl)cc1Cl)c1cccc2ccccc12. The second kappa shape index (κ2) is 10.6. The molecule has 0 aliphatic rings. The summed E-state index contributed by atoms with van der Waals surface area (Å²) in [7, 11) is 4.09. The molecule has 3 aromatic carbocycles. The fraction of sp³-hybridized carbons (Fsp3) is 0.240. The first kappa shape index (κ1) is 22.4. The molecule has 5 heteroatoms. The van der Waals surface area contributed by atoms with Crippen LogP contribution in [-0.2, 0) is 9.53 Å². The van der Waals surface area contributed by atoms with Gasteiger partial charge in [0.1, 0.15) is 0 Å². The van der Waals surface area contributed by atoms with Crippen molar-refractivity contribution >= 4 is 46.0 Å². The predicted molar refractivity (Wildman–Crippen MR) is 126 cm³/mol. The molecule has 0 amide bonds. The number of ether oxygens (including phenoxy) is 1. The molecule has 0 heterocycles. The number of benzene rings is 3. The highest BCUT2D eigenvalue weighted by Gasteiger charge is 2.17. The molecule has 0 fully saturated rings. The van der Waals surface area contributed by atoms with Gasteiger partial charge in [-0.25, -0.2) is 4.79 Å². The Morgan fingerprint density at radius 1 is 1.07 bits per heavy atom. The molecule has 0 aromatic heterocycles. The van der Waals surface area contributed by atoms with Gasteiger partial charge in [0.05, 0.1) is 6.61 Å². The smallest absolute Gasteiger partial charge is 0.330 e. The van der Waals surface area contributed by atoms with Crippen molar-refractivity contribution in [2.75, 3.05) is 27.2 Å². The maximum Gasteiger partial charge on any atom is 0.330 e. The number of hydrogen-bond acceptors (Lipinski definition) is 3. The van der Waals surface area contributed by atoms with Crippen LogP contribution < -0.4 is 0 Å². The maximum absolute atomic E-state index is 12.3. The summed E-state index contributed by atoms with van der Waals surface area (Å²) in [5.41, 5.74) is 1.92. The first-order valence-electron chi connectivity index (χ1n) is 9.86. The summed E-state index contributed by atoms with van der Waals surface area (Å²) >= 11 is 12.1. The van der Waals surface area contributed by atoms with E-state index in [1.165, 1.54) is 22.4 Å². The average Bonchev–Trinajstić information content (AvgIpc) is 2.73. The number of halogens is 2. The van der Waals surface area contributed by atoms with Gasteiger partial charge in [-0.3, -0.25) is 0 Å². The first-order valence-corrected chi connectivity index (χ1v) is 10.6. The Balaban J connectivity index is 1.73. The van der Waals surface area contributed by atoms with E-state index in [1.807, 2.05) is 26.2 Å². The van der Waals surface area contributed by atoms with E-state index in [2.05, 4.69) is 35.2 Å². The molecule has 30 heavy (non-hydrogen) atoms. The van der Waals surface area contributed by atoms with E-state index in [-0.39, 0.29) is 5.92 Å². The van der Waals surface area contributed by atoms with Crippen molar-refractivity contribution in [3.8, 4) is 0 Å². The second-order valence-electron chi connectivity index (χ2n) is 7.49. The van der Waals surface area contributed by atoms with Crippen LogP contribution >= 0.6 is 23.2 Å². The second-order valence-corrected chi connectivity index (χ2v) is 8.33. The van der Waals surface area contributed by atoms with E-state index >= 15 is 0 Å². The predicted octanol–water partition coefficient (Wildman–Crippen LogP) is 6.44. The van der Waals surface area contributed by atoms with Crippen molar-refractivity contribution in [2.24, 2.45) is 0 Å². The summed E-state index contributed by atoms with van der Waals surface area (Å²) in [5, 5.41) is 3.43. The minimum absolute atomic E-state index is 0.106. The van der Waals surface area contributed by atoms with Crippen LogP contribution in [0.3, 0.4) is 0 Å². The number of fused-ring (bicyclic) bond motifs is 1.